The number of rotatable bonds is 6. The van der Waals surface area contributed by atoms with E-state index in [1.54, 1.807) is 6.92 Å². The third kappa shape index (κ3) is 4.60. The van der Waals surface area contributed by atoms with Crippen molar-refractivity contribution in [2.75, 3.05) is 37.4 Å². The molecule has 2 aromatic carbocycles. The number of nitrogen functional groups attached to an aromatic ring is 1. The van der Waals surface area contributed by atoms with Crippen molar-refractivity contribution in [3.63, 3.8) is 0 Å². The van der Waals surface area contributed by atoms with Crippen molar-refractivity contribution in [3.05, 3.63) is 65.1 Å². The van der Waals surface area contributed by atoms with Crippen LogP contribution in [0.25, 0.3) is 16.5 Å². The van der Waals surface area contributed by atoms with Gasteiger partial charge in [-0.25, -0.2) is 13.2 Å². The Balaban J connectivity index is 1.40. The van der Waals surface area contributed by atoms with Crippen molar-refractivity contribution in [3.8, 4) is 0 Å². The number of aromatic nitrogens is 2. The van der Waals surface area contributed by atoms with Crippen molar-refractivity contribution in [1.29, 1.82) is 0 Å². The molecule has 0 saturated carbocycles. The van der Waals surface area contributed by atoms with Crippen molar-refractivity contribution in [2.24, 2.45) is 5.92 Å². The van der Waals surface area contributed by atoms with E-state index in [-0.39, 0.29) is 23.1 Å². The van der Waals surface area contributed by atoms with Gasteiger partial charge in [0.25, 0.3) is 6.43 Å². The van der Waals surface area contributed by atoms with Gasteiger partial charge in [-0.2, -0.15) is 10.2 Å². The molecule has 3 heterocycles. The molecule has 1 saturated heterocycles. The first-order valence-electron chi connectivity index (χ1n) is 11.8. The highest BCUT2D eigenvalue weighted by Crippen LogP contribution is 2.34. The average molecular weight is 498 g/mol. The predicted molar refractivity (Wildman–Crippen MR) is 131 cm³/mol. The van der Waals surface area contributed by atoms with E-state index in [1.807, 2.05) is 23.1 Å². The topological polar surface area (TPSA) is 93.4 Å². The van der Waals surface area contributed by atoms with E-state index in [4.69, 9.17) is 10.5 Å². The molecule has 1 atom stereocenters. The van der Waals surface area contributed by atoms with Crippen LogP contribution in [0.15, 0.2) is 42.6 Å². The molecule has 5 rings (SSSR count). The Morgan fingerprint density at radius 3 is 2.67 bits per heavy atom. The molecule has 0 aliphatic carbocycles. The van der Waals surface area contributed by atoms with Gasteiger partial charge < -0.3 is 20.7 Å². The lowest BCUT2D eigenvalue weighted by Crippen LogP contribution is -2.46. The second kappa shape index (κ2) is 9.77. The van der Waals surface area contributed by atoms with E-state index in [0.29, 0.717) is 43.9 Å². The Hall–Kier alpha value is -3.66. The van der Waals surface area contributed by atoms with Crippen LogP contribution in [0.3, 0.4) is 0 Å². The fraction of sp³-hybridized carbons (Fsp3) is 0.346. The van der Waals surface area contributed by atoms with E-state index in [2.05, 4.69) is 21.6 Å². The molecule has 0 bridgehead atoms. The van der Waals surface area contributed by atoms with Crippen LogP contribution in [0.2, 0.25) is 0 Å². The van der Waals surface area contributed by atoms with Crippen molar-refractivity contribution < 1.29 is 22.7 Å². The van der Waals surface area contributed by atoms with E-state index >= 15 is 0 Å². The number of anilines is 2. The normalized spacial score (nSPS) is 17.1. The van der Waals surface area contributed by atoms with Crippen molar-refractivity contribution >= 4 is 33.8 Å². The minimum atomic E-state index is -2.97. The minimum absolute atomic E-state index is 0.0311. The first-order valence-corrected chi connectivity index (χ1v) is 11.8. The van der Waals surface area contributed by atoms with E-state index < -0.39 is 23.8 Å². The number of carbonyl (C=O) groups is 1. The summed E-state index contributed by atoms with van der Waals surface area (Å²) < 4.78 is 46.5. The molecule has 1 aromatic heterocycles. The number of nitrogens with zero attached hydrogens (tertiary/aromatic N) is 3. The third-order valence-electron chi connectivity index (χ3n) is 6.74. The Morgan fingerprint density at radius 1 is 1.22 bits per heavy atom. The Labute approximate surface area is 206 Å². The zero-order chi connectivity index (χ0) is 25.4. The number of hydrogen-bond donors (Lipinski definition) is 2. The van der Waals surface area contributed by atoms with Crippen molar-refractivity contribution in [2.45, 2.75) is 25.8 Å². The van der Waals surface area contributed by atoms with Gasteiger partial charge in [-0.15, -0.1) is 0 Å². The predicted octanol–water partition coefficient (Wildman–Crippen LogP) is 4.72. The summed E-state index contributed by atoms with van der Waals surface area (Å²) in [5.74, 6) is -0.878. The van der Waals surface area contributed by atoms with Crippen LogP contribution >= 0.6 is 0 Å². The largest absolute Gasteiger partial charge is 0.399 e. The smallest absolute Gasteiger partial charge is 0.266 e. The van der Waals surface area contributed by atoms with Crippen LogP contribution in [-0.4, -0.2) is 47.3 Å². The second-order valence-electron chi connectivity index (χ2n) is 9.17. The van der Waals surface area contributed by atoms with Gasteiger partial charge in [-0.3, -0.25) is 4.79 Å². The quantitative estimate of drug-likeness (QED) is 0.479. The van der Waals surface area contributed by atoms with Gasteiger partial charge in [-0.05, 0) is 48.7 Å². The molecule has 0 spiro atoms. The Bertz CT molecular complexity index is 1340. The van der Waals surface area contributed by atoms with E-state index in [9.17, 15) is 18.0 Å². The number of nitrogens with two attached hydrogens (primary N) is 1. The first-order chi connectivity index (χ1) is 17.3. The molecule has 2 aliphatic rings. The summed E-state index contributed by atoms with van der Waals surface area (Å²) in [6.07, 6.45) is 1.33. The summed E-state index contributed by atoms with van der Waals surface area (Å²) >= 11 is 0. The Kier molecular flexibility index (Phi) is 6.53. The standard InChI is InChI=1S/C26H26F3N5O2/c1-14(19-9-18(30)10-21(24(19)27)25(28)29)32-23-11-31-33-22-3-2-16(8-20(22)23)15-4-6-34(7-5-15)26(35)17-12-36-13-17/h2-4,8-11,14,17,25H,5-7,12-13,30H2,1H3,(H,32,33)/t14-/m1/s1. The lowest BCUT2D eigenvalue weighted by molar-refractivity contribution is -0.149. The molecule has 188 valence electrons. The fourth-order valence-electron chi connectivity index (χ4n) is 4.62. The number of hydrogen-bond acceptors (Lipinski definition) is 6. The SMILES string of the molecule is C[C@@H](Nc1cnnc2ccc(C3=CCN(C(=O)C4COC4)CC3)cc12)c1cc(N)cc(C(F)F)c1F. The molecule has 0 radical (unpaired) electrons. The number of fused-ring (bicyclic) bond motifs is 1. The van der Waals surface area contributed by atoms with Crippen molar-refractivity contribution in [1.82, 2.24) is 15.1 Å². The highest BCUT2D eigenvalue weighted by molar-refractivity contribution is 5.93. The molecule has 3 N–H and O–H groups in total. The lowest BCUT2D eigenvalue weighted by atomic mass is 9.96. The maximum atomic E-state index is 14.8. The highest BCUT2D eigenvalue weighted by Gasteiger charge is 2.31. The molecule has 3 aromatic rings. The molecule has 2 aliphatic heterocycles. The summed E-state index contributed by atoms with van der Waals surface area (Å²) in [5, 5.41) is 12.2. The molecular formula is C26H26F3N5O2. The van der Waals surface area contributed by atoms with Gasteiger partial charge in [0.05, 0.1) is 48.1 Å². The first kappa shape index (κ1) is 24.1. The maximum absolute atomic E-state index is 14.8. The number of benzene rings is 2. The molecule has 1 fully saturated rings. The molecule has 1 amide bonds. The average Bonchev–Trinajstić information content (AvgIpc) is 2.84. The number of alkyl halides is 2. The van der Waals surface area contributed by atoms with Gasteiger partial charge in [-0.1, -0.05) is 12.1 Å². The van der Waals surface area contributed by atoms with Crippen LogP contribution in [0.4, 0.5) is 24.5 Å². The minimum Gasteiger partial charge on any atom is -0.399 e. The molecule has 0 unspecified atom stereocenters. The number of halogens is 3. The third-order valence-corrected chi connectivity index (χ3v) is 6.74. The molecule has 10 heteroatoms. The molecule has 7 nitrogen and oxygen atoms in total. The Morgan fingerprint density at radius 2 is 2.00 bits per heavy atom. The van der Waals surface area contributed by atoms with Gasteiger partial charge in [0.15, 0.2) is 0 Å². The van der Waals surface area contributed by atoms with Gasteiger partial charge in [0.2, 0.25) is 5.91 Å². The van der Waals surface area contributed by atoms with Crippen LogP contribution < -0.4 is 11.1 Å². The van der Waals surface area contributed by atoms with E-state index in [1.165, 1.54) is 12.3 Å². The summed E-state index contributed by atoms with van der Waals surface area (Å²) in [6, 6.07) is 7.44. The van der Waals surface area contributed by atoms with Crippen LogP contribution in [0.5, 0.6) is 0 Å². The number of amides is 1. The monoisotopic (exact) mass is 497 g/mol. The lowest BCUT2D eigenvalue weighted by Gasteiger charge is -2.33. The van der Waals surface area contributed by atoms with Crippen LogP contribution in [0, 0.1) is 11.7 Å². The molecular weight excluding hydrogens is 471 g/mol. The fourth-order valence-corrected chi connectivity index (χ4v) is 4.62. The van der Waals surface area contributed by atoms with E-state index in [0.717, 1.165) is 22.6 Å². The maximum Gasteiger partial charge on any atom is 0.266 e. The summed E-state index contributed by atoms with van der Waals surface area (Å²) in [5.41, 5.74) is 8.48. The van der Waals surface area contributed by atoms with Gasteiger partial charge in [0, 0.05) is 29.7 Å². The zero-order valence-electron chi connectivity index (χ0n) is 19.7. The summed E-state index contributed by atoms with van der Waals surface area (Å²) in [7, 11) is 0. The second-order valence-corrected chi connectivity index (χ2v) is 9.17. The zero-order valence-corrected chi connectivity index (χ0v) is 19.7. The van der Waals surface area contributed by atoms with Gasteiger partial charge in [0.1, 0.15) is 5.82 Å². The highest BCUT2D eigenvalue weighted by atomic mass is 19.3. The number of ether oxygens (including phenoxy) is 1. The summed E-state index contributed by atoms with van der Waals surface area (Å²) in [6.45, 7) is 3.84. The van der Waals surface area contributed by atoms with Gasteiger partial charge >= 0.3 is 0 Å². The molecule has 36 heavy (non-hydrogen) atoms. The van der Waals surface area contributed by atoms with Crippen LogP contribution in [0.1, 0.15) is 42.5 Å². The summed E-state index contributed by atoms with van der Waals surface area (Å²) in [4.78, 5) is 14.3. The number of carbonyl (C=O) groups excluding carboxylic acids is 1. The van der Waals surface area contributed by atoms with Crippen LogP contribution in [-0.2, 0) is 9.53 Å². The number of nitrogens with one attached hydrogen (secondary N) is 1.